The molecular weight excluding hydrogens is 1290 g/mol. The zero-order valence-corrected chi connectivity index (χ0v) is 66.6. The fourth-order valence-corrected chi connectivity index (χ4v) is 13.9. The number of phosphoric ester groups is 2. The summed E-state index contributed by atoms with van der Waals surface area (Å²) in [6.45, 7) is 9.66. The molecule has 0 rings (SSSR count). The molecule has 0 aromatic rings. The van der Waals surface area contributed by atoms with Crippen molar-refractivity contribution in [2.45, 2.75) is 439 Å². The summed E-state index contributed by atoms with van der Waals surface area (Å²) in [5, 5.41) is 10.6. The first-order chi connectivity index (χ1) is 47.9. The quantitative estimate of drug-likeness (QED) is 0.0222. The van der Waals surface area contributed by atoms with E-state index in [9.17, 15) is 43.2 Å². The van der Waals surface area contributed by atoms with Crippen LogP contribution >= 0.6 is 15.6 Å². The van der Waals surface area contributed by atoms with Crippen molar-refractivity contribution in [1.82, 2.24) is 0 Å². The summed E-state index contributed by atoms with van der Waals surface area (Å²) < 4.78 is 68.6. The van der Waals surface area contributed by atoms with Crippen molar-refractivity contribution < 1.29 is 80.2 Å². The lowest BCUT2D eigenvalue weighted by atomic mass is 10.0. The van der Waals surface area contributed by atoms with Crippen LogP contribution in [0.4, 0.5) is 0 Å². The van der Waals surface area contributed by atoms with E-state index >= 15 is 0 Å². The molecular formula is C80H156O17P2. The van der Waals surface area contributed by atoms with Gasteiger partial charge in [-0.1, -0.05) is 369 Å². The predicted octanol–water partition coefficient (Wildman–Crippen LogP) is 23.9. The van der Waals surface area contributed by atoms with Gasteiger partial charge >= 0.3 is 39.5 Å². The van der Waals surface area contributed by atoms with Gasteiger partial charge in [0.25, 0.3) is 0 Å². The second kappa shape index (κ2) is 71.7. The number of phosphoric acid groups is 2. The number of ether oxygens (including phenoxy) is 4. The lowest BCUT2D eigenvalue weighted by Gasteiger charge is -2.21. The lowest BCUT2D eigenvalue weighted by Crippen LogP contribution is -2.30. The fourth-order valence-electron chi connectivity index (χ4n) is 12.4. The lowest BCUT2D eigenvalue weighted by molar-refractivity contribution is -0.161. The third-order valence-corrected chi connectivity index (χ3v) is 20.6. The first kappa shape index (κ1) is 97.1. The number of unbranched alkanes of at least 4 members (excludes halogenated alkanes) is 49. The maximum atomic E-state index is 13.1. The van der Waals surface area contributed by atoms with Gasteiger partial charge in [0.1, 0.15) is 19.3 Å². The molecule has 0 aliphatic carbocycles. The monoisotopic (exact) mass is 1450 g/mol. The second-order valence-electron chi connectivity index (χ2n) is 29.8. The van der Waals surface area contributed by atoms with Crippen molar-refractivity contribution >= 4 is 39.5 Å². The van der Waals surface area contributed by atoms with Crippen molar-refractivity contribution in [3.05, 3.63) is 0 Å². The van der Waals surface area contributed by atoms with Gasteiger partial charge in [-0.2, -0.15) is 0 Å². The van der Waals surface area contributed by atoms with E-state index in [1.165, 1.54) is 238 Å². The number of carbonyl (C=O) groups excluding carboxylic acids is 4. The molecule has 588 valence electrons. The maximum Gasteiger partial charge on any atom is 0.472 e. The van der Waals surface area contributed by atoms with Crippen LogP contribution in [0.3, 0.4) is 0 Å². The van der Waals surface area contributed by atoms with E-state index in [4.69, 9.17) is 37.0 Å². The third kappa shape index (κ3) is 74.1. The molecule has 0 aliphatic rings. The van der Waals surface area contributed by atoms with Gasteiger partial charge in [-0.3, -0.25) is 37.3 Å². The van der Waals surface area contributed by atoms with Gasteiger partial charge in [0.05, 0.1) is 26.4 Å². The standard InChI is InChI=1S/C80H156O17P2/c1-7-9-11-13-15-17-39-46-52-58-64-79(84)96-75(68-90-77(82)62-56-50-44-36-16-14-12-10-8-2)70-94-98(86,87)92-66-74(81)67-93-99(88,89)95-71-76(69-91-78(83)63-57-51-45-40-34-30-26-23-22-25-29-33-38-43-49-55-61-73(5)6)97-80(85)65-59-53-47-41-35-31-27-21-19-18-20-24-28-32-37-42-48-54-60-72(3)4/h72-76,81H,7-71H2,1-6H3,(H,86,87)(H,88,89)/t74-,75+,76+/m0/s1. The molecule has 0 spiro atoms. The highest BCUT2D eigenvalue weighted by Gasteiger charge is 2.30. The first-order valence-corrected chi connectivity index (χ1v) is 44.5. The van der Waals surface area contributed by atoms with Crippen LogP contribution in [0.2, 0.25) is 0 Å². The van der Waals surface area contributed by atoms with E-state index in [0.717, 1.165) is 102 Å². The van der Waals surface area contributed by atoms with Crippen molar-refractivity contribution in [1.29, 1.82) is 0 Å². The second-order valence-corrected chi connectivity index (χ2v) is 32.7. The smallest absolute Gasteiger partial charge is 0.462 e. The molecule has 5 atom stereocenters. The van der Waals surface area contributed by atoms with E-state index in [2.05, 4.69) is 41.5 Å². The van der Waals surface area contributed by atoms with E-state index in [-0.39, 0.29) is 25.7 Å². The first-order valence-electron chi connectivity index (χ1n) is 41.5. The minimum atomic E-state index is -4.96. The molecule has 0 aromatic carbocycles. The van der Waals surface area contributed by atoms with Gasteiger partial charge in [0.15, 0.2) is 12.2 Å². The van der Waals surface area contributed by atoms with Crippen LogP contribution in [0.25, 0.3) is 0 Å². The largest absolute Gasteiger partial charge is 0.472 e. The van der Waals surface area contributed by atoms with Crippen LogP contribution < -0.4 is 0 Å². The Kier molecular flexibility index (Phi) is 70.3. The maximum absolute atomic E-state index is 13.1. The Bertz CT molecular complexity index is 1910. The molecule has 0 saturated heterocycles. The Balaban J connectivity index is 5.17. The summed E-state index contributed by atoms with van der Waals surface area (Å²) in [5.74, 6) is -0.479. The van der Waals surface area contributed by atoms with Crippen LogP contribution in [-0.2, 0) is 65.4 Å². The van der Waals surface area contributed by atoms with Crippen LogP contribution in [0.1, 0.15) is 420 Å². The Hall–Kier alpha value is -1.94. The van der Waals surface area contributed by atoms with Crippen molar-refractivity contribution in [2.75, 3.05) is 39.6 Å². The molecule has 3 N–H and O–H groups in total. The van der Waals surface area contributed by atoms with Crippen molar-refractivity contribution in [3.8, 4) is 0 Å². The zero-order chi connectivity index (χ0) is 72.8. The average Bonchev–Trinajstić information content (AvgIpc) is 1.01. The Morgan fingerprint density at radius 2 is 0.465 bits per heavy atom. The zero-order valence-electron chi connectivity index (χ0n) is 64.8. The van der Waals surface area contributed by atoms with E-state index in [1.807, 2.05) is 0 Å². The van der Waals surface area contributed by atoms with E-state index < -0.39 is 97.5 Å². The topological polar surface area (TPSA) is 237 Å². The van der Waals surface area contributed by atoms with Crippen LogP contribution in [0.5, 0.6) is 0 Å². The average molecular weight is 1450 g/mol. The van der Waals surface area contributed by atoms with Gasteiger partial charge in [-0.05, 0) is 37.5 Å². The molecule has 0 amide bonds. The molecule has 0 bridgehead atoms. The van der Waals surface area contributed by atoms with E-state index in [1.54, 1.807) is 0 Å². The summed E-state index contributed by atoms with van der Waals surface area (Å²) in [6, 6.07) is 0. The molecule has 19 heteroatoms. The SMILES string of the molecule is CCCCCCCCCCCCC(=O)O[C@H](COC(=O)CCCCCCCCCCC)COP(=O)(O)OC[C@H](O)COP(=O)(O)OC[C@@H](COC(=O)CCCCCCCCCCCCCCCCCCC(C)C)OC(=O)CCCCCCCCCCCCCCCCCCCCC(C)C. The molecule has 0 aromatic heterocycles. The van der Waals surface area contributed by atoms with Crippen molar-refractivity contribution in [3.63, 3.8) is 0 Å². The summed E-state index contributed by atoms with van der Waals surface area (Å²) in [6.07, 6.45) is 61.2. The highest BCUT2D eigenvalue weighted by Crippen LogP contribution is 2.45. The number of aliphatic hydroxyl groups excluding tert-OH is 1. The predicted molar refractivity (Wildman–Crippen MR) is 405 cm³/mol. The summed E-state index contributed by atoms with van der Waals surface area (Å²) in [4.78, 5) is 72.8. The minimum absolute atomic E-state index is 0.107. The van der Waals surface area contributed by atoms with Crippen molar-refractivity contribution in [2.24, 2.45) is 11.8 Å². The Morgan fingerprint density at radius 3 is 0.687 bits per heavy atom. The molecule has 0 radical (unpaired) electrons. The summed E-state index contributed by atoms with van der Waals surface area (Å²) in [7, 11) is -9.91. The van der Waals surface area contributed by atoms with Crippen LogP contribution in [-0.4, -0.2) is 96.7 Å². The fraction of sp³-hybridized carbons (Fsp3) is 0.950. The van der Waals surface area contributed by atoms with Crippen LogP contribution in [0, 0.1) is 11.8 Å². The molecule has 0 saturated carbocycles. The number of carbonyl (C=O) groups is 4. The molecule has 17 nitrogen and oxygen atoms in total. The highest BCUT2D eigenvalue weighted by molar-refractivity contribution is 7.47. The molecule has 0 heterocycles. The van der Waals surface area contributed by atoms with Gasteiger partial charge in [-0.15, -0.1) is 0 Å². The Labute approximate surface area is 607 Å². The number of aliphatic hydroxyl groups is 1. The normalized spacial score (nSPS) is 13.9. The number of hydrogen-bond acceptors (Lipinski definition) is 15. The molecule has 0 fully saturated rings. The summed E-state index contributed by atoms with van der Waals surface area (Å²) >= 11 is 0. The van der Waals surface area contributed by atoms with Gasteiger partial charge < -0.3 is 33.8 Å². The highest BCUT2D eigenvalue weighted by atomic mass is 31.2. The number of hydrogen-bond donors (Lipinski definition) is 3. The van der Waals surface area contributed by atoms with Gasteiger partial charge in [0.2, 0.25) is 0 Å². The minimum Gasteiger partial charge on any atom is -0.462 e. The Morgan fingerprint density at radius 1 is 0.273 bits per heavy atom. The number of esters is 4. The molecule has 2 unspecified atom stereocenters. The van der Waals surface area contributed by atoms with Crippen LogP contribution in [0.15, 0.2) is 0 Å². The van der Waals surface area contributed by atoms with Gasteiger partial charge in [0, 0.05) is 25.7 Å². The van der Waals surface area contributed by atoms with Gasteiger partial charge in [-0.25, -0.2) is 9.13 Å². The number of rotatable bonds is 79. The molecule has 0 aliphatic heterocycles. The third-order valence-electron chi connectivity index (χ3n) is 18.7. The molecule has 99 heavy (non-hydrogen) atoms. The summed E-state index contributed by atoms with van der Waals surface area (Å²) in [5.41, 5.74) is 0. The van der Waals surface area contributed by atoms with E-state index in [0.29, 0.717) is 25.7 Å².